The topological polar surface area (TPSA) is 59.7 Å². The van der Waals surface area contributed by atoms with Gasteiger partial charge in [0.25, 0.3) is 0 Å². The zero-order chi connectivity index (χ0) is 15.8. The van der Waals surface area contributed by atoms with Gasteiger partial charge in [0.05, 0.1) is 7.11 Å². The molecule has 0 spiro atoms. The van der Waals surface area contributed by atoms with Crippen LogP contribution in [-0.2, 0) is 6.42 Å². The number of ether oxygens (including phenoxy) is 1. The van der Waals surface area contributed by atoms with E-state index in [9.17, 15) is 4.79 Å². The van der Waals surface area contributed by atoms with E-state index in [4.69, 9.17) is 14.3 Å². The van der Waals surface area contributed by atoms with Crippen molar-refractivity contribution >= 4 is 11.0 Å². The molecule has 0 aliphatic heterocycles. The number of hydrogen-bond acceptors (Lipinski definition) is 4. The molecule has 1 heterocycles. The van der Waals surface area contributed by atoms with Crippen molar-refractivity contribution in [2.24, 2.45) is 0 Å². The van der Waals surface area contributed by atoms with Crippen LogP contribution >= 0.6 is 0 Å². The fourth-order valence-corrected chi connectivity index (χ4v) is 1.86. The van der Waals surface area contributed by atoms with Gasteiger partial charge in [-0.1, -0.05) is 11.6 Å². The Bertz CT molecular complexity index is 664. The summed E-state index contributed by atoms with van der Waals surface area (Å²) in [5.74, 6) is 0.745. The van der Waals surface area contributed by atoms with E-state index in [1.54, 1.807) is 20.1 Å². The fourth-order valence-electron chi connectivity index (χ4n) is 1.86. The Morgan fingerprint density at radius 2 is 1.90 bits per heavy atom. The number of hydrogen-bond donors (Lipinski definition) is 1. The summed E-state index contributed by atoms with van der Waals surface area (Å²) in [5.41, 5.74) is 2.40. The lowest BCUT2D eigenvalue weighted by atomic mass is 10.1. The first kappa shape index (κ1) is 17.0. The SMILES string of the molecule is CCO.COc1ccc2ccc(=O)oc2c1CC=C(C)C. The van der Waals surface area contributed by atoms with Crippen LogP contribution in [0.2, 0.25) is 0 Å². The molecule has 0 amide bonds. The van der Waals surface area contributed by atoms with Crippen LogP contribution in [0.1, 0.15) is 26.3 Å². The van der Waals surface area contributed by atoms with Gasteiger partial charge in [0.15, 0.2) is 0 Å². The minimum absolute atomic E-state index is 0.250. The highest BCUT2D eigenvalue weighted by Crippen LogP contribution is 2.28. The van der Waals surface area contributed by atoms with Crippen LogP contribution < -0.4 is 10.4 Å². The van der Waals surface area contributed by atoms with Gasteiger partial charge < -0.3 is 14.3 Å². The maximum atomic E-state index is 11.4. The van der Waals surface area contributed by atoms with Crippen molar-refractivity contribution < 1.29 is 14.3 Å². The van der Waals surface area contributed by atoms with Crippen molar-refractivity contribution in [3.8, 4) is 5.75 Å². The van der Waals surface area contributed by atoms with Crippen molar-refractivity contribution in [3.63, 3.8) is 0 Å². The molecule has 2 rings (SSSR count). The average molecular weight is 290 g/mol. The normalized spacial score (nSPS) is 9.76. The third kappa shape index (κ3) is 4.76. The molecule has 0 fully saturated rings. The summed E-state index contributed by atoms with van der Waals surface area (Å²) in [5, 5.41) is 8.48. The van der Waals surface area contributed by atoms with Gasteiger partial charge in [-0.15, -0.1) is 0 Å². The average Bonchev–Trinajstić information content (AvgIpc) is 2.45. The van der Waals surface area contributed by atoms with Gasteiger partial charge in [-0.25, -0.2) is 4.79 Å². The van der Waals surface area contributed by atoms with E-state index in [-0.39, 0.29) is 12.2 Å². The maximum absolute atomic E-state index is 11.4. The second-order valence-electron chi connectivity index (χ2n) is 4.72. The third-order valence-corrected chi connectivity index (χ3v) is 2.78. The summed E-state index contributed by atoms with van der Waals surface area (Å²) in [6.45, 7) is 6.00. The number of allylic oxidation sites excluding steroid dienone is 2. The molecule has 21 heavy (non-hydrogen) atoms. The first-order valence-corrected chi connectivity index (χ1v) is 6.87. The lowest BCUT2D eigenvalue weighted by Gasteiger charge is -2.09. The highest BCUT2D eigenvalue weighted by Gasteiger charge is 2.09. The Morgan fingerprint density at radius 1 is 1.29 bits per heavy atom. The Labute approximate surface area is 124 Å². The molecule has 1 aromatic heterocycles. The lowest BCUT2D eigenvalue weighted by molar-refractivity contribution is 0.318. The molecule has 0 unspecified atom stereocenters. The molecular weight excluding hydrogens is 268 g/mol. The quantitative estimate of drug-likeness (QED) is 0.696. The van der Waals surface area contributed by atoms with Crippen molar-refractivity contribution in [1.29, 1.82) is 0 Å². The van der Waals surface area contributed by atoms with Crippen LogP contribution in [0.15, 0.2) is 45.1 Å². The minimum Gasteiger partial charge on any atom is -0.496 e. The summed E-state index contributed by atoms with van der Waals surface area (Å²) >= 11 is 0. The van der Waals surface area contributed by atoms with E-state index in [2.05, 4.69) is 6.08 Å². The van der Waals surface area contributed by atoms with E-state index in [1.165, 1.54) is 11.6 Å². The van der Waals surface area contributed by atoms with E-state index < -0.39 is 0 Å². The molecule has 0 aliphatic carbocycles. The molecule has 4 heteroatoms. The predicted octanol–water partition coefficient (Wildman–Crippen LogP) is 3.31. The molecule has 1 aromatic carbocycles. The predicted molar refractivity (Wildman–Crippen MR) is 84.9 cm³/mol. The second-order valence-corrected chi connectivity index (χ2v) is 4.72. The first-order chi connectivity index (χ1) is 10.0. The summed E-state index contributed by atoms with van der Waals surface area (Å²) < 4.78 is 10.6. The lowest BCUT2D eigenvalue weighted by Crippen LogP contribution is -1.99. The Morgan fingerprint density at radius 3 is 2.48 bits per heavy atom. The van der Waals surface area contributed by atoms with Crippen LogP contribution in [0.4, 0.5) is 0 Å². The summed E-state index contributed by atoms with van der Waals surface area (Å²) in [6.07, 6.45) is 2.78. The molecule has 2 aromatic rings. The maximum Gasteiger partial charge on any atom is 0.336 e. The van der Waals surface area contributed by atoms with Crippen LogP contribution in [0.3, 0.4) is 0 Å². The van der Waals surface area contributed by atoms with Gasteiger partial charge in [0.2, 0.25) is 0 Å². The van der Waals surface area contributed by atoms with E-state index in [0.29, 0.717) is 12.0 Å². The number of rotatable bonds is 3. The standard InChI is InChI=1S/C15H16O3.C2H6O/c1-10(2)4-7-12-13(17-3)8-5-11-6-9-14(16)18-15(11)12;1-2-3/h4-6,8-9H,7H2,1-3H3;3H,2H2,1H3. The minimum atomic E-state index is -0.339. The molecule has 4 nitrogen and oxygen atoms in total. The second kappa shape index (κ2) is 8.27. The molecular formula is C17H22O4. The number of methoxy groups -OCH3 is 1. The molecule has 1 N–H and O–H groups in total. The summed E-state index contributed by atoms with van der Waals surface area (Å²) in [6, 6.07) is 6.99. The molecule has 0 saturated carbocycles. The smallest absolute Gasteiger partial charge is 0.336 e. The fraction of sp³-hybridized carbons (Fsp3) is 0.353. The summed E-state index contributed by atoms with van der Waals surface area (Å²) in [7, 11) is 1.62. The van der Waals surface area contributed by atoms with Crippen molar-refractivity contribution in [1.82, 2.24) is 0 Å². The number of fused-ring (bicyclic) bond motifs is 1. The van der Waals surface area contributed by atoms with E-state index in [0.717, 1.165) is 16.7 Å². The van der Waals surface area contributed by atoms with Gasteiger partial charge in [-0.05, 0) is 45.4 Å². The molecule has 0 saturated heterocycles. The van der Waals surface area contributed by atoms with Crippen LogP contribution in [0, 0.1) is 0 Å². The van der Waals surface area contributed by atoms with Crippen LogP contribution in [0.25, 0.3) is 11.0 Å². The highest BCUT2D eigenvalue weighted by molar-refractivity contribution is 5.82. The van der Waals surface area contributed by atoms with Crippen molar-refractivity contribution in [3.05, 3.63) is 51.9 Å². The molecule has 0 radical (unpaired) electrons. The Balaban J connectivity index is 0.000000677. The van der Waals surface area contributed by atoms with Gasteiger partial charge in [0.1, 0.15) is 11.3 Å². The number of benzene rings is 1. The van der Waals surface area contributed by atoms with Gasteiger partial charge in [-0.2, -0.15) is 0 Å². The Kier molecular flexibility index (Phi) is 6.69. The molecule has 0 bridgehead atoms. The van der Waals surface area contributed by atoms with Gasteiger partial charge >= 0.3 is 5.63 Å². The zero-order valence-electron chi connectivity index (χ0n) is 13.0. The van der Waals surface area contributed by atoms with Crippen molar-refractivity contribution in [2.45, 2.75) is 27.2 Å². The van der Waals surface area contributed by atoms with Gasteiger partial charge in [-0.3, -0.25) is 0 Å². The Hall–Kier alpha value is -2.07. The molecule has 114 valence electrons. The van der Waals surface area contributed by atoms with Crippen molar-refractivity contribution in [2.75, 3.05) is 13.7 Å². The van der Waals surface area contributed by atoms with Gasteiger partial charge in [0, 0.05) is 23.6 Å². The summed E-state index contributed by atoms with van der Waals surface area (Å²) in [4.78, 5) is 11.4. The van der Waals surface area contributed by atoms with Crippen LogP contribution in [-0.4, -0.2) is 18.8 Å². The third-order valence-electron chi connectivity index (χ3n) is 2.78. The number of aliphatic hydroxyl groups excluding tert-OH is 1. The van der Waals surface area contributed by atoms with E-state index >= 15 is 0 Å². The largest absolute Gasteiger partial charge is 0.496 e. The van der Waals surface area contributed by atoms with E-state index in [1.807, 2.05) is 26.0 Å². The molecule has 0 aliphatic rings. The van der Waals surface area contributed by atoms with Crippen LogP contribution in [0.5, 0.6) is 5.75 Å². The molecule has 0 atom stereocenters. The monoisotopic (exact) mass is 290 g/mol. The highest BCUT2D eigenvalue weighted by atomic mass is 16.5. The first-order valence-electron chi connectivity index (χ1n) is 6.87. The zero-order valence-corrected chi connectivity index (χ0v) is 13.0. The number of aliphatic hydroxyl groups is 1.